The molecule has 4 rings (SSSR count). The van der Waals surface area contributed by atoms with Gasteiger partial charge in [0.1, 0.15) is 16.8 Å². The average Bonchev–Trinajstić information content (AvgIpc) is 3.05. The van der Waals surface area contributed by atoms with Crippen molar-refractivity contribution >= 4 is 35.3 Å². The molecule has 4 heterocycles. The molecule has 1 saturated heterocycles. The van der Waals surface area contributed by atoms with Crippen LogP contribution >= 0.6 is 0 Å². The van der Waals surface area contributed by atoms with Gasteiger partial charge in [-0.25, -0.2) is 14.4 Å². The van der Waals surface area contributed by atoms with Crippen LogP contribution < -0.4 is 16.0 Å². The highest BCUT2D eigenvalue weighted by Crippen LogP contribution is 2.14. The number of aliphatic hydroxyl groups is 1. The number of hydrogen-bond acceptors (Lipinski definition) is 12. The number of pyridine rings is 3. The Morgan fingerprint density at radius 2 is 1.00 bits per heavy atom. The fourth-order valence-electron chi connectivity index (χ4n) is 4.14. The maximum atomic E-state index is 11.6. The van der Waals surface area contributed by atoms with Gasteiger partial charge < -0.3 is 24.1 Å². The first kappa shape index (κ1) is 44.3. The van der Waals surface area contributed by atoms with Crippen LogP contribution in [-0.2, 0) is 38.5 Å². The Morgan fingerprint density at radius 1 is 0.642 bits per heavy atom. The van der Waals surface area contributed by atoms with Gasteiger partial charge in [-0.1, -0.05) is 6.92 Å². The molecule has 0 spiro atoms. The molecule has 53 heavy (non-hydrogen) atoms. The van der Waals surface area contributed by atoms with Gasteiger partial charge >= 0.3 is 18.3 Å². The maximum Gasteiger partial charge on any atom is 0.412 e. The van der Waals surface area contributed by atoms with Gasteiger partial charge in [0.15, 0.2) is 0 Å². The second kappa shape index (κ2) is 21.0. The molecule has 292 valence electrons. The number of aliphatic hydroxyl groups excluding tert-OH is 1. The number of aryl methyl sites for hydroxylation is 1. The number of hydrogen-bond donors (Lipinski definition) is 4. The number of ether oxygens (including phenoxy) is 4. The van der Waals surface area contributed by atoms with E-state index >= 15 is 0 Å². The quantitative estimate of drug-likeness (QED) is 0.179. The van der Waals surface area contributed by atoms with Crippen LogP contribution in [0.2, 0.25) is 0 Å². The number of rotatable bonds is 7. The standard InChI is InChI=1S/C15H23N3O3.C12H18N2O2.C11H16N2O3/c1-15(2,3)21-14(19)17-12-4-5-13(16-10-12)11-18-6-8-20-9-7-18;1-5-9-6-7-10(8-13-9)14-11(15)16-12(2,3)4;1-11(2,3)16-10(15)13-8-4-5-9(7-14)12-6-8/h4-5,10H,6-9,11H2,1-3H3,(H,17,19);6-8H,5H2,1-4H3,(H,14,15);4-6,14H,7H2,1-3H3,(H,13,15). The molecule has 0 aliphatic carbocycles. The molecule has 1 fully saturated rings. The molecule has 3 aromatic rings. The second-order valence-electron chi connectivity index (χ2n) is 14.9. The van der Waals surface area contributed by atoms with Crippen molar-refractivity contribution in [2.24, 2.45) is 0 Å². The van der Waals surface area contributed by atoms with E-state index in [1.165, 1.54) is 6.20 Å². The van der Waals surface area contributed by atoms with Crippen molar-refractivity contribution in [3.63, 3.8) is 0 Å². The van der Waals surface area contributed by atoms with E-state index in [0.29, 0.717) is 22.8 Å². The number of anilines is 3. The average molecular weight is 740 g/mol. The zero-order chi connectivity index (χ0) is 39.7. The molecular formula is C38H57N7O8. The molecule has 0 bridgehead atoms. The summed E-state index contributed by atoms with van der Waals surface area (Å²) in [4.78, 5) is 49.2. The lowest BCUT2D eigenvalue weighted by Gasteiger charge is -2.26. The number of nitrogens with zero attached hydrogens (tertiary/aromatic N) is 4. The van der Waals surface area contributed by atoms with Crippen LogP contribution in [0.25, 0.3) is 0 Å². The third kappa shape index (κ3) is 20.7. The molecule has 0 unspecified atom stereocenters. The minimum Gasteiger partial charge on any atom is -0.444 e. The number of nitrogens with one attached hydrogen (secondary N) is 3. The highest BCUT2D eigenvalue weighted by Gasteiger charge is 2.18. The lowest BCUT2D eigenvalue weighted by molar-refractivity contribution is 0.0336. The highest BCUT2D eigenvalue weighted by molar-refractivity contribution is 5.85. The van der Waals surface area contributed by atoms with Gasteiger partial charge in [-0.3, -0.25) is 35.8 Å². The van der Waals surface area contributed by atoms with E-state index in [9.17, 15) is 14.4 Å². The highest BCUT2D eigenvalue weighted by atomic mass is 16.6. The molecule has 4 N–H and O–H groups in total. The predicted octanol–water partition coefficient (Wildman–Crippen LogP) is 7.17. The Bertz CT molecular complexity index is 1470. The summed E-state index contributed by atoms with van der Waals surface area (Å²) in [5.74, 6) is 0. The van der Waals surface area contributed by atoms with Crippen LogP contribution in [0.5, 0.6) is 0 Å². The van der Waals surface area contributed by atoms with Crippen molar-refractivity contribution in [2.75, 3.05) is 42.3 Å². The molecule has 0 saturated carbocycles. The van der Waals surface area contributed by atoms with Crippen molar-refractivity contribution in [1.82, 2.24) is 19.9 Å². The topological polar surface area (TPSA) is 186 Å². The van der Waals surface area contributed by atoms with Crippen molar-refractivity contribution < 1.29 is 38.4 Å². The van der Waals surface area contributed by atoms with Crippen LogP contribution in [0, 0.1) is 0 Å². The summed E-state index contributed by atoms with van der Waals surface area (Å²) in [6.07, 6.45) is 4.18. The fraction of sp³-hybridized carbons (Fsp3) is 0.526. The fourth-order valence-corrected chi connectivity index (χ4v) is 4.14. The first-order chi connectivity index (χ1) is 24.7. The molecule has 3 amide bonds. The summed E-state index contributed by atoms with van der Waals surface area (Å²) in [7, 11) is 0. The Balaban J connectivity index is 0.000000279. The number of morpholine rings is 1. The van der Waals surface area contributed by atoms with E-state index in [2.05, 4.69) is 35.8 Å². The van der Waals surface area contributed by atoms with Gasteiger partial charge in [0.05, 0.1) is 66.9 Å². The van der Waals surface area contributed by atoms with Crippen LogP contribution in [0.15, 0.2) is 55.0 Å². The first-order valence-corrected chi connectivity index (χ1v) is 17.5. The van der Waals surface area contributed by atoms with Gasteiger partial charge in [0.25, 0.3) is 0 Å². The molecule has 15 nitrogen and oxygen atoms in total. The van der Waals surface area contributed by atoms with Gasteiger partial charge in [-0.05, 0) is 105 Å². The van der Waals surface area contributed by atoms with Gasteiger partial charge in [-0.2, -0.15) is 0 Å². The van der Waals surface area contributed by atoms with E-state index in [-0.39, 0.29) is 6.61 Å². The molecule has 0 aromatic carbocycles. The van der Waals surface area contributed by atoms with Crippen molar-refractivity contribution in [3.05, 3.63) is 72.1 Å². The number of aromatic nitrogens is 3. The number of amides is 3. The second-order valence-corrected chi connectivity index (χ2v) is 14.9. The van der Waals surface area contributed by atoms with Crippen molar-refractivity contribution in [3.8, 4) is 0 Å². The van der Waals surface area contributed by atoms with Gasteiger partial charge in [0.2, 0.25) is 0 Å². The SMILES string of the molecule is CC(C)(C)OC(=O)Nc1ccc(CN2CCOCC2)nc1.CC(C)(C)OC(=O)Nc1ccc(CO)nc1.CCc1ccc(NC(=O)OC(C)(C)C)cn1. The lowest BCUT2D eigenvalue weighted by atomic mass is 10.2. The van der Waals surface area contributed by atoms with E-state index in [1.54, 1.807) is 45.3 Å². The molecule has 1 aliphatic rings. The van der Waals surface area contributed by atoms with Crippen LogP contribution in [-0.4, -0.2) is 86.3 Å². The van der Waals surface area contributed by atoms with Crippen LogP contribution in [0.4, 0.5) is 31.4 Å². The summed E-state index contributed by atoms with van der Waals surface area (Å²) < 4.78 is 20.7. The van der Waals surface area contributed by atoms with Gasteiger partial charge in [-0.15, -0.1) is 0 Å². The third-order valence-electron chi connectivity index (χ3n) is 6.42. The molecular weight excluding hydrogens is 682 g/mol. The minimum atomic E-state index is -0.525. The Labute approximate surface area is 313 Å². The van der Waals surface area contributed by atoms with Gasteiger partial charge in [0, 0.05) is 25.3 Å². The third-order valence-corrected chi connectivity index (χ3v) is 6.42. The molecule has 0 radical (unpaired) electrons. The monoisotopic (exact) mass is 739 g/mol. The molecule has 0 atom stereocenters. The van der Waals surface area contributed by atoms with Crippen LogP contribution in [0.1, 0.15) is 86.3 Å². The molecule has 1 aliphatic heterocycles. The summed E-state index contributed by atoms with van der Waals surface area (Å²) in [6.45, 7) is 22.5. The number of carbonyl (C=O) groups excluding carboxylic acids is 3. The first-order valence-electron chi connectivity index (χ1n) is 17.5. The summed E-state index contributed by atoms with van der Waals surface area (Å²) in [5, 5.41) is 16.6. The predicted molar refractivity (Wildman–Crippen MR) is 204 cm³/mol. The maximum absolute atomic E-state index is 11.6. The van der Waals surface area contributed by atoms with E-state index < -0.39 is 35.1 Å². The Morgan fingerprint density at radius 3 is 1.30 bits per heavy atom. The summed E-state index contributed by atoms with van der Waals surface area (Å²) >= 11 is 0. The Kier molecular flexibility index (Phi) is 17.5. The Hall–Kier alpha value is -4.86. The van der Waals surface area contributed by atoms with E-state index in [4.69, 9.17) is 24.1 Å². The smallest absolute Gasteiger partial charge is 0.412 e. The van der Waals surface area contributed by atoms with E-state index in [0.717, 1.165) is 50.7 Å². The summed E-state index contributed by atoms with van der Waals surface area (Å²) in [6, 6.07) is 10.7. The van der Waals surface area contributed by atoms with E-state index in [1.807, 2.05) is 72.7 Å². The van der Waals surface area contributed by atoms with Crippen molar-refractivity contribution in [1.29, 1.82) is 0 Å². The molecule has 3 aromatic heterocycles. The summed E-state index contributed by atoms with van der Waals surface area (Å²) in [5.41, 5.74) is 2.82. The van der Waals surface area contributed by atoms with Crippen molar-refractivity contribution in [2.45, 2.75) is 106 Å². The minimum absolute atomic E-state index is 0.118. The largest absolute Gasteiger partial charge is 0.444 e. The normalized spacial score (nSPS) is 13.2. The zero-order valence-corrected chi connectivity index (χ0v) is 32.7. The molecule has 15 heteroatoms. The lowest BCUT2D eigenvalue weighted by Crippen LogP contribution is -2.35. The van der Waals surface area contributed by atoms with Crippen LogP contribution in [0.3, 0.4) is 0 Å². The zero-order valence-electron chi connectivity index (χ0n) is 32.7. The number of carbonyl (C=O) groups is 3.